The van der Waals surface area contributed by atoms with E-state index in [4.69, 9.17) is 4.74 Å². The van der Waals surface area contributed by atoms with E-state index < -0.39 is 0 Å². The second-order valence-electron chi connectivity index (χ2n) is 9.89. The Balaban J connectivity index is 1.39. The van der Waals surface area contributed by atoms with Gasteiger partial charge in [0.15, 0.2) is 0 Å². The van der Waals surface area contributed by atoms with Crippen molar-refractivity contribution >= 4 is 29.3 Å². The van der Waals surface area contributed by atoms with E-state index in [2.05, 4.69) is 17.1 Å². The zero-order chi connectivity index (χ0) is 26.5. The highest BCUT2D eigenvalue weighted by Gasteiger charge is 2.28. The van der Waals surface area contributed by atoms with Crippen molar-refractivity contribution in [3.63, 3.8) is 0 Å². The van der Waals surface area contributed by atoms with Gasteiger partial charge < -0.3 is 15.0 Å². The van der Waals surface area contributed by atoms with Crippen molar-refractivity contribution in [2.24, 2.45) is 0 Å². The van der Waals surface area contributed by atoms with Gasteiger partial charge >= 0.3 is 0 Å². The number of amides is 2. The molecule has 0 unspecified atom stereocenters. The molecule has 5 rings (SSSR count). The number of hydrogen-bond acceptors (Lipinski definition) is 5. The van der Waals surface area contributed by atoms with Crippen molar-refractivity contribution in [1.82, 2.24) is 10.2 Å². The van der Waals surface area contributed by atoms with Gasteiger partial charge in [0, 0.05) is 34.5 Å². The average Bonchev–Trinajstić information content (AvgIpc) is 3.05. The number of anilines is 1. The molecule has 0 bridgehead atoms. The number of fused-ring (bicyclic) bond motifs is 2. The Morgan fingerprint density at radius 3 is 2.66 bits per heavy atom. The Hall–Kier alpha value is -3.29. The number of carbonyl (C=O) groups excluding carboxylic acids is 2. The molecule has 1 atom stereocenters. The van der Waals surface area contributed by atoms with E-state index in [0.29, 0.717) is 36.9 Å². The molecule has 2 heterocycles. The predicted molar refractivity (Wildman–Crippen MR) is 152 cm³/mol. The summed E-state index contributed by atoms with van der Waals surface area (Å²) in [6.07, 6.45) is 3.73. The van der Waals surface area contributed by atoms with Crippen molar-refractivity contribution in [2.45, 2.75) is 55.5 Å². The first-order valence-corrected chi connectivity index (χ1v) is 14.3. The lowest BCUT2D eigenvalue weighted by atomic mass is 10.0. The van der Waals surface area contributed by atoms with Gasteiger partial charge in [-0.1, -0.05) is 42.4 Å². The van der Waals surface area contributed by atoms with Gasteiger partial charge in [-0.2, -0.15) is 0 Å². The van der Waals surface area contributed by atoms with Crippen molar-refractivity contribution < 1.29 is 14.3 Å². The van der Waals surface area contributed by atoms with Crippen LogP contribution in [0.4, 0.5) is 5.69 Å². The van der Waals surface area contributed by atoms with Crippen LogP contribution in [0.5, 0.6) is 5.75 Å². The fourth-order valence-corrected chi connectivity index (χ4v) is 6.22. The minimum Gasteiger partial charge on any atom is -0.494 e. The fraction of sp³-hybridized carbons (Fsp3) is 0.355. The summed E-state index contributed by atoms with van der Waals surface area (Å²) in [4.78, 5) is 33.1. The Labute approximate surface area is 229 Å². The normalized spacial score (nSPS) is 17.4. The van der Waals surface area contributed by atoms with Gasteiger partial charge in [-0.25, -0.2) is 0 Å². The van der Waals surface area contributed by atoms with Crippen LogP contribution < -0.4 is 15.0 Å². The molecule has 0 aromatic heterocycles. The summed E-state index contributed by atoms with van der Waals surface area (Å²) in [5, 5.41) is 3.10. The zero-order valence-corrected chi connectivity index (χ0v) is 22.9. The minimum atomic E-state index is -0.113. The van der Waals surface area contributed by atoms with E-state index in [-0.39, 0.29) is 11.8 Å². The molecule has 1 saturated heterocycles. The van der Waals surface area contributed by atoms with E-state index in [0.717, 1.165) is 39.9 Å². The summed E-state index contributed by atoms with van der Waals surface area (Å²) in [5.41, 5.74) is 2.97. The number of nitrogens with one attached hydrogen (secondary N) is 1. The Kier molecular flexibility index (Phi) is 8.35. The quantitative estimate of drug-likeness (QED) is 0.388. The standard InChI is InChI=1S/C31H35N3O3S/c1-3-37-25-14-11-23(12-15-25)21-34-27-20-24(30(35)32-17-19-33-18-7-6-8-22(33)2)13-16-29(27)38-28-10-5-4-9-26(28)31(34)36/h4-5,9-16,20,22H,3,6-8,17-19,21H2,1-2H3,(H,32,35)/t22-/m0/s1. The van der Waals surface area contributed by atoms with Crippen molar-refractivity contribution in [1.29, 1.82) is 0 Å². The second-order valence-corrected chi connectivity index (χ2v) is 11.0. The lowest BCUT2D eigenvalue weighted by Crippen LogP contribution is -2.42. The first kappa shape index (κ1) is 26.3. The third kappa shape index (κ3) is 5.89. The number of benzene rings is 3. The van der Waals surface area contributed by atoms with E-state index in [1.165, 1.54) is 19.3 Å². The lowest BCUT2D eigenvalue weighted by molar-refractivity contribution is 0.0936. The molecular formula is C31H35N3O3S. The monoisotopic (exact) mass is 529 g/mol. The summed E-state index contributed by atoms with van der Waals surface area (Å²) in [6, 6.07) is 21.8. The maximum absolute atomic E-state index is 13.8. The van der Waals surface area contributed by atoms with Crippen LogP contribution in [0.15, 0.2) is 76.5 Å². The Morgan fingerprint density at radius 1 is 1.05 bits per heavy atom. The SMILES string of the molecule is CCOc1ccc(CN2C(=O)c3ccccc3Sc3ccc(C(=O)NCCN4CCCC[C@@H]4C)cc32)cc1. The number of rotatable bonds is 8. The van der Waals surface area contributed by atoms with Crippen LogP contribution in [-0.4, -0.2) is 49.0 Å². The van der Waals surface area contributed by atoms with Crippen molar-refractivity contribution in [2.75, 3.05) is 31.1 Å². The maximum atomic E-state index is 13.8. The minimum absolute atomic E-state index is 0.0719. The summed E-state index contributed by atoms with van der Waals surface area (Å²) < 4.78 is 5.58. The van der Waals surface area contributed by atoms with Crippen LogP contribution in [0.2, 0.25) is 0 Å². The Bertz CT molecular complexity index is 1290. The van der Waals surface area contributed by atoms with Crippen molar-refractivity contribution in [3.05, 3.63) is 83.4 Å². The molecule has 2 amide bonds. The summed E-state index contributed by atoms with van der Waals surface area (Å²) in [6.45, 7) is 7.77. The highest BCUT2D eigenvalue weighted by molar-refractivity contribution is 7.99. The molecule has 7 heteroatoms. The van der Waals surface area contributed by atoms with E-state index in [1.807, 2.05) is 73.7 Å². The zero-order valence-electron chi connectivity index (χ0n) is 22.1. The molecule has 2 aliphatic heterocycles. The number of ether oxygens (including phenoxy) is 1. The average molecular weight is 530 g/mol. The molecule has 1 N–H and O–H groups in total. The number of hydrogen-bond donors (Lipinski definition) is 1. The summed E-state index contributed by atoms with van der Waals surface area (Å²) in [7, 11) is 0. The first-order valence-electron chi connectivity index (χ1n) is 13.5. The summed E-state index contributed by atoms with van der Waals surface area (Å²) in [5.74, 6) is 0.618. The molecular weight excluding hydrogens is 494 g/mol. The number of piperidine rings is 1. The van der Waals surface area contributed by atoms with Gasteiger partial charge in [-0.15, -0.1) is 0 Å². The third-order valence-corrected chi connectivity index (χ3v) is 8.44. The smallest absolute Gasteiger partial charge is 0.259 e. The molecule has 3 aromatic rings. The van der Waals surface area contributed by atoms with Crippen molar-refractivity contribution in [3.8, 4) is 5.75 Å². The fourth-order valence-electron chi connectivity index (χ4n) is 5.16. The van der Waals surface area contributed by atoms with Gasteiger partial charge in [0.05, 0.1) is 24.4 Å². The van der Waals surface area contributed by atoms with E-state index >= 15 is 0 Å². The Morgan fingerprint density at radius 2 is 1.87 bits per heavy atom. The lowest BCUT2D eigenvalue weighted by Gasteiger charge is -2.33. The molecule has 6 nitrogen and oxygen atoms in total. The molecule has 2 aliphatic rings. The molecule has 0 spiro atoms. The molecule has 1 fully saturated rings. The van der Waals surface area contributed by atoms with Crippen LogP contribution in [0.25, 0.3) is 0 Å². The van der Waals surface area contributed by atoms with Gasteiger partial charge in [0.2, 0.25) is 0 Å². The van der Waals surface area contributed by atoms with Gasteiger partial charge in [0.1, 0.15) is 5.75 Å². The second kappa shape index (κ2) is 12.0. The number of carbonyl (C=O) groups is 2. The predicted octanol–water partition coefficient (Wildman–Crippen LogP) is 6.00. The van der Waals surface area contributed by atoms with E-state index in [1.54, 1.807) is 16.7 Å². The van der Waals surface area contributed by atoms with Crippen LogP contribution in [0.3, 0.4) is 0 Å². The number of likely N-dealkylation sites (tertiary alicyclic amines) is 1. The molecule has 0 aliphatic carbocycles. The van der Waals surface area contributed by atoms with Crippen LogP contribution >= 0.6 is 11.8 Å². The van der Waals surface area contributed by atoms with Gasteiger partial charge in [-0.3, -0.25) is 14.5 Å². The van der Waals surface area contributed by atoms with Crippen LogP contribution in [-0.2, 0) is 6.54 Å². The highest BCUT2D eigenvalue weighted by atomic mass is 32.2. The number of nitrogens with zero attached hydrogens (tertiary/aromatic N) is 2. The third-order valence-electron chi connectivity index (χ3n) is 7.29. The molecule has 198 valence electrons. The molecule has 0 saturated carbocycles. The van der Waals surface area contributed by atoms with Gasteiger partial charge in [-0.05, 0) is 81.3 Å². The van der Waals surface area contributed by atoms with Crippen LogP contribution in [0.1, 0.15) is 59.4 Å². The van der Waals surface area contributed by atoms with Gasteiger partial charge in [0.25, 0.3) is 11.8 Å². The largest absolute Gasteiger partial charge is 0.494 e. The highest BCUT2D eigenvalue weighted by Crippen LogP contribution is 2.42. The molecule has 38 heavy (non-hydrogen) atoms. The molecule has 3 aromatic carbocycles. The summed E-state index contributed by atoms with van der Waals surface area (Å²) >= 11 is 1.57. The maximum Gasteiger partial charge on any atom is 0.259 e. The topological polar surface area (TPSA) is 61.9 Å². The molecule has 0 radical (unpaired) electrons. The first-order chi connectivity index (χ1) is 18.5. The van der Waals surface area contributed by atoms with E-state index in [9.17, 15) is 9.59 Å². The van der Waals surface area contributed by atoms with Crippen LogP contribution in [0, 0.1) is 0 Å².